The Morgan fingerprint density at radius 3 is 2.58 bits per heavy atom. The number of methoxy groups -OCH3 is 1. The van der Waals surface area contributed by atoms with Gasteiger partial charge in [-0.25, -0.2) is 0 Å². The van der Waals surface area contributed by atoms with Gasteiger partial charge < -0.3 is 24.8 Å². The van der Waals surface area contributed by atoms with Crippen molar-refractivity contribution in [1.29, 1.82) is 0 Å². The first-order valence-corrected chi connectivity index (χ1v) is 12.5. The van der Waals surface area contributed by atoms with Gasteiger partial charge in [-0.1, -0.05) is 13.0 Å². The minimum absolute atomic E-state index is 0.0535. The summed E-state index contributed by atoms with van der Waals surface area (Å²) >= 11 is 0. The van der Waals surface area contributed by atoms with Gasteiger partial charge in [0.15, 0.2) is 11.5 Å². The Labute approximate surface area is 195 Å². The zero-order chi connectivity index (χ0) is 23.3. The number of rotatable bonds is 5. The molecule has 0 radical (unpaired) electrons. The number of benzene rings is 1. The first kappa shape index (κ1) is 22.9. The summed E-state index contributed by atoms with van der Waals surface area (Å²) in [7, 11) is 1.50. The lowest BCUT2D eigenvalue weighted by atomic mass is 9.46. The molecule has 7 heteroatoms. The number of ether oxygens (including phenoxy) is 2. The van der Waals surface area contributed by atoms with Crippen LogP contribution in [-0.4, -0.2) is 70.2 Å². The zero-order valence-electron chi connectivity index (χ0n) is 19.7. The van der Waals surface area contributed by atoms with Crippen molar-refractivity contribution >= 4 is 5.97 Å². The molecule has 4 fully saturated rings. The minimum atomic E-state index is -0.856. The summed E-state index contributed by atoms with van der Waals surface area (Å²) in [4.78, 5) is 15.5. The molecular weight excluding hydrogens is 422 g/mol. The molecule has 2 bridgehead atoms. The number of carbonyl (C=O) groups is 1. The monoisotopic (exact) mass is 459 g/mol. The molecule has 2 heterocycles. The Balaban J connectivity index is 1.32. The fourth-order valence-electron chi connectivity index (χ4n) is 7.88. The van der Waals surface area contributed by atoms with Gasteiger partial charge in [0, 0.05) is 23.8 Å². The van der Waals surface area contributed by atoms with Gasteiger partial charge in [0.1, 0.15) is 6.10 Å². The van der Waals surface area contributed by atoms with E-state index in [4.69, 9.17) is 9.47 Å². The normalized spacial score (nSPS) is 40.1. The lowest BCUT2D eigenvalue weighted by Crippen LogP contribution is -2.77. The van der Waals surface area contributed by atoms with E-state index in [-0.39, 0.29) is 53.5 Å². The second-order valence-electron chi connectivity index (χ2n) is 10.7. The third-order valence-electron chi connectivity index (χ3n) is 9.10. The van der Waals surface area contributed by atoms with Crippen molar-refractivity contribution in [2.75, 3.05) is 20.2 Å². The summed E-state index contributed by atoms with van der Waals surface area (Å²) in [6, 6.07) is 5.13. The number of aliphatic hydroxyl groups excluding tert-OH is 2. The molecule has 0 aromatic heterocycles. The Morgan fingerprint density at radius 2 is 1.88 bits per heavy atom. The molecule has 2 aliphatic heterocycles. The van der Waals surface area contributed by atoms with Gasteiger partial charge in [-0.15, -0.1) is 0 Å². The van der Waals surface area contributed by atoms with Crippen LogP contribution in [-0.2, 0) is 16.0 Å². The predicted molar refractivity (Wildman–Crippen MR) is 122 cm³/mol. The van der Waals surface area contributed by atoms with Crippen molar-refractivity contribution in [2.45, 2.75) is 75.7 Å². The number of carbonyl (C=O) groups excluding carboxylic acids is 1. The van der Waals surface area contributed by atoms with E-state index in [2.05, 4.69) is 11.8 Å². The van der Waals surface area contributed by atoms with Crippen LogP contribution in [0.3, 0.4) is 0 Å². The van der Waals surface area contributed by atoms with Gasteiger partial charge in [0.05, 0.1) is 19.3 Å². The predicted octanol–water partition coefficient (Wildman–Crippen LogP) is 2.50. The Kier molecular flexibility index (Phi) is 6.08. The van der Waals surface area contributed by atoms with E-state index in [1.54, 1.807) is 12.1 Å². The van der Waals surface area contributed by atoms with Crippen molar-refractivity contribution in [3.63, 3.8) is 0 Å². The summed E-state index contributed by atoms with van der Waals surface area (Å²) in [5.74, 6) is 0.417. The van der Waals surface area contributed by atoms with Crippen molar-refractivity contribution in [2.24, 2.45) is 23.7 Å². The molecule has 1 aromatic rings. The second kappa shape index (κ2) is 8.75. The summed E-state index contributed by atoms with van der Waals surface area (Å²) in [6.45, 7) is 4.27. The maximum Gasteiger partial charge on any atom is 0.306 e. The fraction of sp³-hybridized carbons (Fsp3) is 0.731. The maximum atomic E-state index is 12.9. The summed E-state index contributed by atoms with van der Waals surface area (Å²) < 4.78 is 11.1. The molecule has 33 heavy (non-hydrogen) atoms. The number of hydrogen-bond donors (Lipinski definition) is 3. The van der Waals surface area contributed by atoms with Gasteiger partial charge >= 0.3 is 5.97 Å². The fourth-order valence-corrected chi connectivity index (χ4v) is 7.88. The largest absolute Gasteiger partial charge is 0.504 e. The number of piperidine rings is 2. The number of phenolic OH excluding ortho intramolecular Hbond substituents is 1. The molecule has 8 atom stereocenters. The Bertz CT molecular complexity index is 890. The quantitative estimate of drug-likeness (QED) is 0.582. The van der Waals surface area contributed by atoms with E-state index in [0.717, 1.165) is 50.8 Å². The molecule has 1 spiro atoms. The number of aryl methyl sites for hydroxylation is 1. The first-order chi connectivity index (χ1) is 15.9. The molecule has 0 amide bonds. The van der Waals surface area contributed by atoms with Crippen molar-refractivity contribution in [3.05, 3.63) is 23.8 Å². The lowest BCUT2D eigenvalue weighted by Gasteiger charge is -2.69. The number of esters is 1. The highest BCUT2D eigenvalue weighted by atomic mass is 16.5. The molecule has 7 nitrogen and oxygen atoms in total. The Morgan fingerprint density at radius 1 is 1.15 bits per heavy atom. The number of nitrogens with zero attached hydrogens (tertiary/aromatic N) is 1. The lowest BCUT2D eigenvalue weighted by molar-refractivity contribution is -0.264. The minimum Gasteiger partial charge on any atom is -0.504 e. The Hall–Kier alpha value is -1.83. The molecule has 3 N–H and O–H groups in total. The van der Waals surface area contributed by atoms with Crippen LogP contribution in [0.2, 0.25) is 0 Å². The third kappa shape index (κ3) is 3.63. The summed E-state index contributed by atoms with van der Waals surface area (Å²) in [5, 5.41) is 32.3. The molecule has 182 valence electrons. The van der Waals surface area contributed by atoms with Gasteiger partial charge in [-0.3, -0.25) is 9.69 Å². The zero-order valence-corrected chi connectivity index (χ0v) is 19.7. The molecule has 5 rings (SSSR count). The highest BCUT2D eigenvalue weighted by Crippen LogP contribution is 2.61. The average Bonchev–Trinajstić information content (AvgIpc) is 2.80. The van der Waals surface area contributed by atoms with E-state index < -0.39 is 12.2 Å². The molecule has 2 saturated carbocycles. The van der Waals surface area contributed by atoms with Crippen molar-refractivity contribution in [3.8, 4) is 11.5 Å². The third-order valence-corrected chi connectivity index (χ3v) is 9.10. The van der Waals surface area contributed by atoms with Crippen LogP contribution in [0.4, 0.5) is 0 Å². The van der Waals surface area contributed by atoms with E-state index in [1.165, 1.54) is 7.11 Å². The number of aromatic hydroxyl groups is 1. The maximum absolute atomic E-state index is 12.9. The first-order valence-electron chi connectivity index (χ1n) is 12.5. The molecule has 2 saturated heterocycles. The second-order valence-corrected chi connectivity index (χ2v) is 10.7. The average molecular weight is 460 g/mol. The van der Waals surface area contributed by atoms with E-state index in [1.807, 2.05) is 6.07 Å². The molecule has 0 unspecified atom stereocenters. The van der Waals surface area contributed by atoms with E-state index >= 15 is 0 Å². The summed E-state index contributed by atoms with van der Waals surface area (Å²) in [5.41, 5.74) is 0.768. The van der Waals surface area contributed by atoms with Gasteiger partial charge in [0.2, 0.25) is 0 Å². The van der Waals surface area contributed by atoms with Gasteiger partial charge in [-0.2, -0.15) is 0 Å². The van der Waals surface area contributed by atoms with Gasteiger partial charge in [0.25, 0.3) is 0 Å². The van der Waals surface area contributed by atoms with Crippen LogP contribution in [0.25, 0.3) is 0 Å². The van der Waals surface area contributed by atoms with Crippen molar-refractivity contribution < 1.29 is 29.6 Å². The SMILES string of the molecule is COc1ccc(CCC(=O)O[C@@H]2[C@H]3[C@H](O)[C@@H](O)[C@H]4CCCN5CCC[C@H]3[C@]45C[C@H]2C)cc1O. The van der Waals surface area contributed by atoms with Gasteiger partial charge in [-0.05, 0) is 81.1 Å². The molecule has 4 aliphatic rings. The van der Waals surface area contributed by atoms with Crippen LogP contribution in [0.15, 0.2) is 18.2 Å². The molecule has 2 aliphatic carbocycles. The topological polar surface area (TPSA) is 99.5 Å². The number of hydrogen-bond acceptors (Lipinski definition) is 7. The van der Waals surface area contributed by atoms with E-state index in [9.17, 15) is 20.1 Å². The van der Waals surface area contributed by atoms with Crippen LogP contribution in [0.5, 0.6) is 11.5 Å². The van der Waals surface area contributed by atoms with Crippen LogP contribution in [0, 0.1) is 23.7 Å². The molecular formula is C26H37NO6. The van der Waals surface area contributed by atoms with Crippen LogP contribution >= 0.6 is 0 Å². The van der Waals surface area contributed by atoms with Crippen LogP contribution in [0.1, 0.15) is 51.0 Å². The van der Waals surface area contributed by atoms with E-state index in [0.29, 0.717) is 12.2 Å². The van der Waals surface area contributed by atoms with Crippen LogP contribution < -0.4 is 4.74 Å². The number of phenols is 1. The molecule has 1 aromatic carbocycles. The number of aliphatic hydroxyl groups is 2. The highest BCUT2D eigenvalue weighted by Gasteiger charge is 2.67. The standard InChI is InChI=1S/C26H37NO6/c1-15-14-26-17-5-3-11-27(26)12-4-6-18(26)23(30)24(31)22(17)25(15)33-21(29)10-8-16-7-9-20(32-2)19(28)13-16/h7,9,13,15,17-18,22-25,28,30-31H,3-6,8,10-12,14H2,1-2H3/t15-,17-,18-,22-,23+,24+,25+,26-/m1/s1. The smallest absolute Gasteiger partial charge is 0.306 e. The summed E-state index contributed by atoms with van der Waals surface area (Å²) in [6.07, 6.45) is 3.71. The van der Waals surface area contributed by atoms with Crippen molar-refractivity contribution in [1.82, 2.24) is 4.90 Å². The highest BCUT2D eigenvalue weighted by molar-refractivity contribution is 5.70.